The number of nitrogens with zero attached hydrogens (tertiary/aromatic N) is 9. The van der Waals surface area contributed by atoms with Crippen LogP contribution < -0.4 is 0 Å². The van der Waals surface area contributed by atoms with Crippen LogP contribution in [0.15, 0.2) is 15.3 Å². The fraction of sp³-hybridized carbons (Fsp3) is 0.967. The van der Waals surface area contributed by atoms with Gasteiger partial charge in [-0.05, 0) is 117 Å². The van der Waals surface area contributed by atoms with E-state index in [1.807, 2.05) is 0 Å². The third-order valence-corrected chi connectivity index (χ3v) is 11.6. The van der Waals surface area contributed by atoms with Gasteiger partial charge in [-0.3, -0.25) is 4.79 Å². The van der Waals surface area contributed by atoms with Crippen molar-refractivity contribution < 1.29 is 19.0 Å². The number of ketones is 1. The smallest absolute Gasteiger partial charge is 0.133 e. The summed E-state index contributed by atoms with van der Waals surface area (Å²) < 4.78 is 19.7. The molecule has 4 fully saturated rings. The van der Waals surface area contributed by atoms with Crippen molar-refractivity contribution in [2.75, 3.05) is 39.5 Å². The summed E-state index contributed by atoms with van der Waals surface area (Å²) in [6.45, 7) is 9.43. The lowest BCUT2D eigenvalue weighted by atomic mass is 9.43. The Labute approximate surface area is 254 Å². The molecule has 0 N–H and O–H groups in total. The maximum Gasteiger partial charge on any atom is 0.133 e. The number of rotatable bonds is 16. The standard InChI is InChI=1S/C30H49N9O4/c1-20(40)23-7-8-24-28-25(19-27(30(23,24)3)43-16-6-13-36-39-33)29(2)10-9-22(41-14-4-11-34-37-31)17-21(29)18-26(28)42-15-5-12-35-38-32/h21-28H,4-19H2,1-3H3/t21-,22+,23+,24-,25-,26+,27-,28-,29-,30+/m0/s1. The highest BCUT2D eigenvalue weighted by atomic mass is 16.5. The van der Waals surface area contributed by atoms with Crippen LogP contribution in [0.2, 0.25) is 0 Å². The van der Waals surface area contributed by atoms with Crippen molar-refractivity contribution in [2.24, 2.45) is 55.8 Å². The molecule has 0 spiro atoms. The fourth-order valence-corrected chi connectivity index (χ4v) is 9.59. The molecule has 0 radical (unpaired) electrons. The van der Waals surface area contributed by atoms with E-state index in [0.29, 0.717) is 76.0 Å². The highest BCUT2D eigenvalue weighted by Gasteiger charge is 2.66. The third kappa shape index (κ3) is 7.25. The first-order chi connectivity index (χ1) is 20.8. The Kier molecular flexibility index (Phi) is 12.0. The van der Waals surface area contributed by atoms with Gasteiger partial charge in [0.1, 0.15) is 5.78 Å². The molecule has 0 aromatic heterocycles. The van der Waals surface area contributed by atoms with E-state index in [1.54, 1.807) is 6.92 Å². The second-order valence-electron chi connectivity index (χ2n) is 13.5. The highest BCUT2D eigenvalue weighted by Crippen LogP contribution is 2.68. The van der Waals surface area contributed by atoms with E-state index >= 15 is 0 Å². The minimum atomic E-state index is -0.270. The van der Waals surface area contributed by atoms with Crippen molar-refractivity contribution in [3.63, 3.8) is 0 Å². The van der Waals surface area contributed by atoms with Crippen LogP contribution in [0.25, 0.3) is 31.3 Å². The zero-order valence-electron chi connectivity index (χ0n) is 26.1. The first kappa shape index (κ1) is 33.4. The molecule has 0 saturated heterocycles. The summed E-state index contributed by atoms with van der Waals surface area (Å²) in [7, 11) is 0. The van der Waals surface area contributed by atoms with Crippen LogP contribution in [-0.4, -0.2) is 63.6 Å². The molecule has 0 unspecified atom stereocenters. The first-order valence-electron chi connectivity index (χ1n) is 16.2. The van der Waals surface area contributed by atoms with Crippen molar-refractivity contribution >= 4 is 5.78 Å². The van der Waals surface area contributed by atoms with Crippen LogP contribution >= 0.6 is 0 Å². The van der Waals surface area contributed by atoms with Gasteiger partial charge in [-0.25, -0.2) is 0 Å². The number of carbonyl (C=O) groups excluding carboxylic acids is 1. The highest BCUT2D eigenvalue weighted by molar-refractivity contribution is 5.79. The maximum absolute atomic E-state index is 13.0. The number of carbonyl (C=O) groups is 1. The minimum absolute atomic E-state index is 0.0359. The molecule has 0 bridgehead atoms. The predicted molar refractivity (Wildman–Crippen MR) is 162 cm³/mol. The molecular formula is C30H49N9O4. The van der Waals surface area contributed by atoms with E-state index in [4.69, 9.17) is 30.8 Å². The lowest BCUT2D eigenvalue weighted by Crippen LogP contribution is -2.63. The quantitative estimate of drug-likeness (QED) is 0.0759. The van der Waals surface area contributed by atoms with Crippen LogP contribution in [0, 0.1) is 40.4 Å². The molecular weight excluding hydrogens is 550 g/mol. The maximum atomic E-state index is 13.0. The predicted octanol–water partition coefficient (Wildman–Crippen LogP) is 7.71. The van der Waals surface area contributed by atoms with Gasteiger partial charge in [0.15, 0.2) is 0 Å². The van der Waals surface area contributed by atoms with Crippen molar-refractivity contribution in [2.45, 2.75) is 103 Å². The molecule has 13 nitrogen and oxygen atoms in total. The Hall–Kier alpha value is -2.52. The molecule has 0 amide bonds. The van der Waals surface area contributed by atoms with Crippen LogP contribution in [0.4, 0.5) is 0 Å². The first-order valence-corrected chi connectivity index (χ1v) is 16.2. The van der Waals surface area contributed by atoms with Gasteiger partial charge >= 0.3 is 0 Å². The zero-order valence-corrected chi connectivity index (χ0v) is 26.1. The van der Waals surface area contributed by atoms with Gasteiger partial charge < -0.3 is 14.2 Å². The average Bonchev–Trinajstić information content (AvgIpc) is 3.35. The summed E-state index contributed by atoms with van der Waals surface area (Å²) in [5.74, 6) is 1.69. The summed E-state index contributed by atoms with van der Waals surface area (Å²) in [6, 6.07) is 0. The molecule has 0 aromatic rings. The molecule has 13 heteroatoms. The van der Waals surface area contributed by atoms with Gasteiger partial charge in [0.25, 0.3) is 0 Å². The summed E-state index contributed by atoms with van der Waals surface area (Å²) >= 11 is 0. The van der Waals surface area contributed by atoms with Gasteiger partial charge in [0.2, 0.25) is 0 Å². The molecule has 4 aliphatic carbocycles. The Morgan fingerprint density at radius 1 is 0.791 bits per heavy atom. The summed E-state index contributed by atoms with van der Waals surface area (Å²) in [4.78, 5) is 21.6. The number of azide groups is 3. The Bertz CT molecular complexity index is 1110. The monoisotopic (exact) mass is 599 g/mol. The number of fused-ring (bicyclic) bond motifs is 5. The van der Waals surface area contributed by atoms with Crippen molar-refractivity contribution in [1.82, 2.24) is 0 Å². The lowest BCUT2D eigenvalue weighted by molar-refractivity contribution is -0.224. The van der Waals surface area contributed by atoms with E-state index in [0.717, 1.165) is 51.4 Å². The Morgan fingerprint density at radius 3 is 2.00 bits per heavy atom. The van der Waals surface area contributed by atoms with Gasteiger partial charge in [0, 0.05) is 65.5 Å². The summed E-state index contributed by atoms with van der Waals surface area (Å²) in [5, 5.41) is 11.0. The average molecular weight is 600 g/mol. The van der Waals surface area contributed by atoms with Gasteiger partial charge in [-0.15, -0.1) is 0 Å². The van der Waals surface area contributed by atoms with E-state index in [2.05, 4.69) is 43.9 Å². The van der Waals surface area contributed by atoms with Gasteiger partial charge in [-0.2, -0.15) is 0 Å². The second-order valence-corrected chi connectivity index (χ2v) is 13.5. The molecule has 4 aliphatic rings. The van der Waals surface area contributed by atoms with Crippen LogP contribution in [0.1, 0.15) is 85.0 Å². The fourth-order valence-electron chi connectivity index (χ4n) is 9.59. The molecule has 0 heterocycles. The zero-order chi connectivity index (χ0) is 30.9. The summed E-state index contributed by atoms with van der Waals surface area (Å²) in [6.07, 6.45) is 9.08. The largest absolute Gasteiger partial charge is 0.378 e. The molecule has 238 valence electrons. The van der Waals surface area contributed by atoms with E-state index < -0.39 is 0 Å². The normalized spacial score (nSPS) is 37.9. The Balaban J connectivity index is 1.59. The van der Waals surface area contributed by atoms with Gasteiger partial charge in [0.05, 0.1) is 18.3 Å². The molecule has 10 atom stereocenters. The van der Waals surface area contributed by atoms with Gasteiger partial charge in [-0.1, -0.05) is 29.2 Å². The van der Waals surface area contributed by atoms with Crippen molar-refractivity contribution in [3.8, 4) is 0 Å². The topological polar surface area (TPSA) is 191 Å². The minimum Gasteiger partial charge on any atom is -0.378 e. The van der Waals surface area contributed by atoms with Crippen LogP contribution in [0.5, 0.6) is 0 Å². The number of ether oxygens (including phenoxy) is 3. The molecule has 0 aliphatic heterocycles. The van der Waals surface area contributed by atoms with E-state index in [-0.39, 0.29) is 40.8 Å². The number of hydrogen-bond donors (Lipinski definition) is 0. The lowest BCUT2D eigenvalue weighted by Gasteiger charge is -2.64. The number of Topliss-reactive ketones (excluding diaryl/α,β-unsaturated/α-hetero) is 1. The van der Waals surface area contributed by atoms with E-state index in [1.165, 1.54) is 0 Å². The molecule has 4 rings (SSSR count). The molecule has 4 saturated carbocycles. The third-order valence-electron chi connectivity index (χ3n) is 11.6. The van der Waals surface area contributed by atoms with Crippen molar-refractivity contribution in [1.29, 1.82) is 0 Å². The van der Waals surface area contributed by atoms with Crippen LogP contribution in [0.3, 0.4) is 0 Å². The van der Waals surface area contributed by atoms with Crippen LogP contribution in [-0.2, 0) is 19.0 Å². The molecule has 43 heavy (non-hydrogen) atoms. The summed E-state index contributed by atoms with van der Waals surface area (Å²) in [5.41, 5.74) is 25.8. The van der Waals surface area contributed by atoms with Crippen molar-refractivity contribution in [3.05, 3.63) is 31.3 Å². The SMILES string of the molecule is CC(=O)[C@H]1CC[C@H]2[C@@H]3[C@H](OCCCN=[N+]=[N-])C[C@@H]4C[C@H](OCCCN=[N+]=[N-])CC[C@]4(C)[C@H]3C[C@H](OCCCN=[N+]=[N-])[C@]12C. The second kappa shape index (κ2) is 15.5. The molecule has 0 aromatic carbocycles. The Morgan fingerprint density at radius 2 is 1.40 bits per heavy atom. The number of hydrogen-bond acceptors (Lipinski definition) is 7. The van der Waals surface area contributed by atoms with E-state index in [9.17, 15) is 4.79 Å².